The van der Waals surface area contributed by atoms with Gasteiger partial charge in [0, 0.05) is 25.0 Å². The average Bonchev–Trinajstić information content (AvgIpc) is 2.43. The summed E-state index contributed by atoms with van der Waals surface area (Å²) in [6.07, 6.45) is 4.55. The van der Waals surface area contributed by atoms with Crippen LogP contribution in [0.2, 0.25) is 0 Å². The summed E-state index contributed by atoms with van der Waals surface area (Å²) < 4.78 is 0. The smallest absolute Gasteiger partial charge is 0.0635 e. The van der Waals surface area contributed by atoms with E-state index in [0.29, 0.717) is 12.5 Å². The third kappa shape index (κ3) is 1.98. The number of hydrogen-bond donors (Lipinski definition) is 0. The van der Waals surface area contributed by atoms with Crippen molar-refractivity contribution < 1.29 is 0 Å². The van der Waals surface area contributed by atoms with E-state index in [2.05, 4.69) is 24.8 Å². The van der Waals surface area contributed by atoms with E-state index in [4.69, 9.17) is 5.26 Å². The molecule has 2 atom stereocenters. The highest BCUT2D eigenvalue weighted by atomic mass is 15.2. The Morgan fingerprint density at radius 2 is 2.25 bits per heavy atom. The number of hydrogen-bond acceptors (Lipinski definition) is 2. The monoisotopic (exact) mass is 166 g/mol. The summed E-state index contributed by atoms with van der Waals surface area (Å²) in [5.41, 5.74) is 0. The summed E-state index contributed by atoms with van der Waals surface area (Å²) in [5, 5.41) is 8.50. The Labute approximate surface area is 75.2 Å². The van der Waals surface area contributed by atoms with Crippen molar-refractivity contribution in [3.8, 4) is 6.07 Å². The normalized spacial score (nSPS) is 30.4. The van der Waals surface area contributed by atoms with Crippen LogP contribution in [0.1, 0.15) is 39.5 Å². The van der Waals surface area contributed by atoms with Crippen molar-refractivity contribution >= 4 is 0 Å². The van der Waals surface area contributed by atoms with Crippen molar-refractivity contribution in [2.45, 2.75) is 51.6 Å². The summed E-state index contributed by atoms with van der Waals surface area (Å²) in [6, 6.07) is 3.66. The Morgan fingerprint density at radius 1 is 1.50 bits per heavy atom. The molecule has 0 aliphatic carbocycles. The van der Waals surface area contributed by atoms with Crippen LogP contribution in [0.5, 0.6) is 0 Å². The quantitative estimate of drug-likeness (QED) is 0.642. The molecular weight excluding hydrogens is 148 g/mol. The third-order valence-corrected chi connectivity index (χ3v) is 2.91. The molecule has 1 fully saturated rings. The minimum absolute atomic E-state index is 0.681. The highest BCUT2D eigenvalue weighted by molar-refractivity contribution is 4.86. The van der Waals surface area contributed by atoms with Crippen LogP contribution in [-0.2, 0) is 0 Å². The van der Waals surface area contributed by atoms with Gasteiger partial charge in [0.2, 0.25) is 0 Å². The van der Waals surface area contributed by atoms with E-state index >= 15 is 0 Å². The maximum absolute atomic E-state index is 8.50. The van der Waals surface area contributed by atoms with Crippen LogP contribution in [0.15, 0.2) is 0 Å². The molecule has 0 aromatic carbocycles. The van der Waals surface area contributed by atoms with Gasteiger partial charge in [-0.25, -0.2) is 0 Å². The molecule has 0 amide bonds. The summed E-state index contributed by atoms with van der Waals surface area (Å²) in [7, 11) is 0. The number of nitrogens with zero attached hydrogens (tertiary/aromatic N) is 2. The second-order valence-electron chi connectivity index (χ2n) is 3.63. The molecular formula is C10H18N2. The first-order chi connectivity index (χ1) is 5.79. The van der Waals surface area contributed by atoms with Crippen LogP contribution in [0, 0.1) is 11.3 Å². The minimum Gasteiger partial charge on any atom is -0.297 e. The van der Waals surface area contributed by atoms with Gasteiger partial charge in [-0.2, -0.15) is 5.26 Å². The van der Waals surface area contributed by atoms with Crippen LogP contribution >= 0.6 is 0 Å². The zero-order chi connectivity index (χ0) is 8.97. The molecule has 0 N–H and O–H groups in total. The molecule has 2 unspecified atom stereocenters. The first-order valence-corrected chi connectivity index (χ1v) is 4.92. The van der Waals surface area contributed by atoms with E-state index in [0.717, 1.165) is 12.6 Å². The summed E-state index contributed by atoms with van der Waals surface area (Å²) in [4.78, 5) is 2.49. The predicted molar refractivity (Wildman–Crippen MR) is 49.7 cm³/mol. The van der Waals surface area contributed by atoms with Crippen LogP contribution in [0.4, 0.5) is 0 Å². The molecule has 1 heterocycles. The number of likely N-dealkylation sites (tertiary alicyclic amines) is 1. The van der Waals surface area contributed by atoms with Crippen molar-refractivity contribution in [2.24, 2.45) is 0 Å². The van der Waals surface area contributed by atoms with E-state index in [-0.39, 0.29) is 0 Å². The third-order valence-electron chi connectivity index (χ3n) is 2.91. The number of nitriles is 1. The van der Waals surface area contributed by atoms with Crippen molar-refractivity contribution in [1.82, 2.24) is 4.90 Å². The Morgan fingerprint density at radius 3 is 2.83 bits per heavy atom. The Hall–Kier alpha value is -0.550. The van der Waals surface area contributed by atoms with Crippen LogP contribution in [0.25, 0.3) is 0 Å². The van der Waals surface area contributed by atoms with Gasteiger partial charge in [-0.3, -0.25) is 4.90 Å². The van der Waals surface area contributed by atoms with Crippen LogP contribution in [0.3, 0.4) is 0 Å². The maximum atomic E-state index is 8.50. The molecule has 2 nitrogen and oxygen atoms in total. The van der Waals surface area contributed by atoms with Crippen molar-refractivity contribution in [3.63, 3.8) is 0 Å². The lowest BCUT2D eigenvalue weighted by molar-refractivity contribution is 0.203. The molecule has 0 aromatic heterocycles. The van der Waals surface area contributed by atoms with Crippen molar-refractivity contribution in [3.05, 3.63) is 0 Å². The van der Waals surface area contributed by atoms with Gasteiger partial charge in [-0.15, -0.1) is 0 Å². The largest absolute Gasteiger partial charge is 0.297 e. The van der Waals surface area contributed by atoms with Gasteiger partial charge in [-0.05, 0) is 26.2 Å². The van der Waals surface area contributed by atoms with E-state index in [1.165, 1.54) is 19.3 Å². The van der Waals surface area contributed by atoms with Crippen molar-refractivity contribution in [1.29, 1.82) is 5.26 Å². The highest BCUT2D eigenvalue weighted by Gasteiger charge is 2.28. The predicted octanol–water partition coefficient (Wildman–Crippen LogP) is 2.16. The minimum atomic E-state index is 0.681. The van der Waals surface area contributed by atoms with E-state index in [1.54, 1.807) is 0 Å². The van der Waals surface area contributed by atoms with E-state index < -0.39 is 0 Å². The fraction of sp³-hybridized carbons (Fsp3) is 0.900. The molecule has 1 aliphatic rings. The van der Waals surface area contributed by atoms with E-state index in [1.807, 2.05) is 0 Å². The molecule has 12 heavy (non-hydrogen) atoms. The topological polar surface area (TPSA) is 27.0 Å². The van der Waals surface area contributed by atoms with Gasteiger partial charge in [0.25, 0.3) is 0 Å². The van der Waals surface area contributed by atoms with Gasteiger partial charge in [-0.1, -0.05) is 6.92 Å². The standard InChI is InChI=1S/C10H18N2/c1-3-10-6-5-9(2)12(10)8-4-7-11/h9-10H,3-6,8H2,1-2H3. The van der Waals surface area contributed by atoms with Crippen LogP contribution in [-0.4, -0.2) is 23.5 Å². The molecule has 0 radical (unpaired) electrons. The SMILES string of the molecule is CCC1CCC(C)N1CCC#N. The summed E-state index contributed by atoms with van der Waals surface area (Å²) in [5.74, 6) is 0. The maximum Gasteiger partial charge on any atom is 0.0635 e. The molecule has 0 spiro atoms. The molecule has 0 bridgehead atoms. The zero-order valence-corrected chi connectivity index (χ0v) is 8.08. The Kier molecular flexibility index (Phi) is 3.55. The summed E-state index contributed by atoms with van der Waals surface area (Å²) in [6.45, 7) is 5.48. The molecule has 1 aliphatic heterocycles. The van der Waals surface area contributed by atoms with Gasteiger partial charge in [0.1, 0.15) is 0 Å². The lowest BCUT2D eigenvalue weighted by atomic mass is 10.1. The Balaban J connectivity index is 2.41. The fourth-order valence-corrected chi connectivity index (χ4v) is 2.15. The Bertz CT molecular complexity index is 171. The van der Waals surface area contributed by atoms with Gasteiger partial charge in [0.15, 0.2) is 0 Å². The average molecular weight is 166 g/mol. The van der Waals surface area contributed by atoms with Crippen molar-refractivity contribution in [2.75, 3.05) is 6.54 Å². The molecule has 1 saturated heterocycles. The van der Waals surface area contributed by atoms with E-state index in [9.17, 15) is 0 Å². The molecule has 0 aromatic rings. The highest BCUT2D eigenvalue weighted by Crippen LogP contribution is 2.25. The zero-order valence-electron chi connectivity index (χ0n) is 8.08. The molecule has 1 rings (SSSR count). The summed E-state index contributed by atoms with van der Waals surface area (Å²) >= 11 is 0. The lowest BCUT2D eigenvalue weighted by Crippen LogP contribution is -2.34. The second-order valence-corrected chi connectivity index (χ2v) is 3.63. The van der Waals surface area contributed by atoms with Gasteiger partial charge < -0.3 is 0 Å². The molecule has 0 saturated carbocycles. The molecule has 2 heteroatoms. The fourth-order valence-electron chi connectivity index (χ4n) is 2.15. The number of rotatable bonds is 3. The lowest BCUT2D eigenvalue weighted by Gasteiger charge is -2.26. The second kappa shape index (κ2) is 4.47. The van der Waals surface area contributed by atoms with Crippen LogP contribution < -0.4 is 0 Å². The van der Waals surface area contributed by atoms with Gasteiger partial charge in [0.05, 0.1) is 6.07 Å². The first kappa shape index (κ1) is 9.54. The van der Waals surface area contributed by atoms with Gasteiger partial charge >= 0.3 is 0 Å². The molecule has 68 valence electrons. The first-order valence-electron chi connectivity index (χ1n) is 4.92.